The second kappa shape index (κ2) is 1.62. The first-order valence-corrected chi connectivity index (χ1v) is 2.31. The zero-order valence-corrected chi connectivity index (χ0v) is 5.12. The molecule has 0 bridgehead atoms. The Balaban J connectivity index is 3.79. The lowest BCUT2D eigenvalue weighted by atomic mass is 10.0. The predicted molar refractivity (Wildman–Crippen MR) is 27.6 cm³/mol. The number of rotatable bonds is 1. The molecule has 2 nitrogen and oxygen atoms in total. The van der Waals surface area contributed by atoms with Gasteiger partial charge < -0.3 is 5.73 Å². The molecule has 0 unspecified atom stereocenters. The highest BCUT2D eigenvalue weighted by molar-refractivity contribution is 5.83. The molecule has 0 aliphatic rings. The molecule has 0 aromatic heterocycles. The molecule has 0 fully saturated rings. The van der Waals surface area contributed by atoms with E-state index in [9.17, 15) is 4.79 Å². The average Bonchev–Trinajstić information content (AvgIpc) is 1.31. The smallest absolute Gasteiger partial charge is 0.189 e. The molecule has 0 aromatic rings. The summed E-state index contributed by atoms with van der Waals surface area (Å²) in [7, 11) is 0. The van der Waals surface area contributed by atoms with Crippen molar-refractivity contribution in [3.63, 3.8) is 0 Å². The third-order valence-electron chi connectivity index (χ3n) is 0.953. The molecule has 0 rings (SSSR count). The molecule has 0 atom stereocenters. The van der Waals surface area contributed by atoms with Crippen molar-refractivity contribution in [2.45, 2.75) is 26.3 Å². The number of ketones is 1. The van der Waals surface area contributed by atoms with E-state index in [2.05, 4.69) is 5.73 Å². The quantitative estimate of drug-likeness (QED) is 0.481. The summed E-state index contributed by atoms with van der Waals surface area (Å²) in [4.78, 5) is 10.4. The van der Waals surface area contributed by atoms with Crippen LogP contribution in [0.4, 0.5) is 0 Å². The summed E-state index contributed by atoms with van der Waals surface area (Å²) in [6.07, 6.45) is 0. The minimum atomic E-state index is -0.389. The monoisotopic (exact) mass is 102 g/mol. The van der Waals surface area contributed by atoms with Gasteiger partial charge in [0, 0.05) is 6.92 Å². The van der Waals surface area contributed by atoms with Gasteiger partial charge in [-0.15, -0.1) is 0 Å². The molecule has 42 valence electrons. The van der Waals surface area contributed by atoms with Crippen LogP contribution in [-0.2, 0) is 4.79 Å². The van der Waals surface area contributed by atoms with Crippen molar-refractivity contribution in [2.24, 2.45) is 0 Å². The lowest BCUT2D eigenvalue weighted by Gasteiger charge is -2.07. The van der Waals surface area contributed by atoms with Gasteiger partial charge >= 0.3 is 0 Å². The highest BCUT2D eigenvalue weighted by Crippen LogP contribution is 1.91. The molecule has 0 aliphatic carbocycles. The lowest BCUT2D eigenvalue weighted by molar-refractivity contribution is -0.445. The van der Waals surface area contributed by atoms with E-state index < -0.39 is 0 Å². The van der Waals surface area contributed by atoms with Crippen LogP contribution >= 0.6 is 0 Å². The van der Waals surface area contributed by atoms with Crippen LogP contribution in [0.1, 0.15) is 20.8 Å². The van der Waals surface area contributed by atoms with Crippen molar-refractivity contribution in [1.29, 1.82) is 0 Å². The topological polar surface area (TPSA) is 44.7 Å². The maximum Gasteiger partial charge on any atom is 0.189 e. The number of hydrogen-bond donors (Lipinski definition) is 1. The number of hydrogen-bond acceptors (Lipinski definition) is 1. The van der Waals surface area contributed by atoms with E-state index in [0.717, 1.165) is 0 Å². The van der Waals surface area contributed by atoms with E-state index in [1.54, 1.807) is 20.8 Å². The Bertz CT molecular complexity index is 80.6. The SMILES string of the molecule is CC(=O)C(C)(C)[NH3+]. The summed E-state index contributed by atoms with van der Waals surface area (Å²) in [6, 6.07) is 0. The normalized spacial score (nSPS) is 11.4. The molecular formula is C5H12NO+. The van der Waals surface area contributed by atoms with E-state index in [0.29, 0.717) is 0 Å². The minimum absolute atomic E-state index is 0.132. The molecular weight excluding hydrogens is 90.1 g/mol. The Morgan fingerprint density at radius 3 is 1.71 bits per heavy atom. The summed E-state index contributed by atoms with van der Waals surface area (Å²) in [5.74, 6) is 0.132. The summed E-state index contributed by atoms with van der Waals surface area (Å²) >= 11 is 0. The minimum Gasteiger partial charge on any atom is -0.347 e. The fraction of sp³-hybridized carbons (Fsp3) is 0.800. The van der Waals surface area contributed by atoms with Gasteiger partial charge in [0.2, 0.25) is 0 Å². The zero-order chi connectivity index (χ0) is 6.08. The van der Waals surface area contributed by atoms with Gasteiger partial charge in [-0.3, -0.25) is 4.79 Å². The van der Waals surface area contributed by atoms with Gasteiger partial charge in [-0.1, -0.05) is 0 Å². The van der Waals surface area contributed by atoms with E-state index >= 15 is 0 Å². The molecule has 0 amide bonds. The Morgan fingerprint density at radius 2 is 1.71 bits per heavy atom. The summed E-state index contributed by atoms with van der Waals surface area (Å²) in [5, 5.41) is 0. The molecule has 0 saturated heterocycles. The third kappa shape index (κ3) is 2.34. The van der Waals surface area contributed by atoms with Crippen LogP contribution in [-0.4, -0.2) is 11.3 Å². The van der Waals surface area contributed by atoms with Gasteiger partial charge in [-0.2, -0.15) is 0 Å². The summed E-state index contributed by atoms with van der Waals surface area (Å²) in [5.41, 5.74) is 3.23. The van der Waals surface area contributed by atoms with Crippen molar-refractivity contribution >= 4 is 5.78 Å². The Labute approximate surface area is 43.7 Å². The number of Topliss-reactive ketones (excluding diaryl/α,β-unsaturated/α-hetero) is 1. The Hall–Kier alpha value is -0.370. The highest BCUT2D eigenvalue weighted by Gasteiger charge is 2.20. The fourth-order valence-corrected chi connectivity index (χ4v) is 0. The van der Waals surface area contributed by atoms with Gasteiger partial charge in [-0.05, 0) is 13.8 Å². The molecule has 0 aliphatic heterocycles. The van der Waals surface area contributed by atoms with Crippen molar-refractivity contribution in [3.8, 4) is 0 Å². The van der Waals surface area contributed by atoms with Crippen molar-refractivity contribution in [2.75, 3.05) is 0 Å². The standard InChI is InChI=1S/C5H11NO/c1-4(7)5(2,3)6/h6H2,1-3H3/p+1. The van der Waals surface area contributed by atoms with Crippen LogP contribution < -0.4 is 5.73 Å². The van der Waals surface area contributed by atoms with E-state index in [1.807, 2.05) is 0 Å². The van der Waals surface area contributed by atoms with E-state index in [4.69, 9.17) is 0 Å². The van der Waals surface area contributed by atoms with Crippen LogP contribution in [0.25, 0.3) is 0 Å². The van der Waals surface area contributed by atoms with Crippen molar-refractivity contribution < 1.29 is 10.5 Å². The largest absolute Gasteiger partial charge is 0.347 e. The van der Waals surface area contributed by atoms with Crippen molar-refractivity contribution in [3.05, 3.63) is 0 Å². The van der Waals surface area contributed by atoms with Gasteiger partial charge in [0.25, 0.3) is 0 Å². The highest BCUT2D eigenvalue weighted by atomic mass is 16.1. The fourth-order valence-electron chi connectivity index (χ4n) is 0. The first-order chi connectivity index (χ1) is 2.94. The van der Waals surface area contributed by atoms with E-state index in [1.165, 1.54) is 0 Å². The molecule has 2 heteroatoms. The first-order valence-electron chi connectivity index (χ1n) is 2.31. The van der Waals surface area contributed by atoms with Crippen molar-refractivity contribution in [1.82, 2.24) is 0 Å². The molecule has 7 heavy (non-hydrogen) atoms. The lowest BCUT2D eigenvalue weighted by Crippen LogP contribution is -2.72. The third-order valence-corrected chi connectivity index (χ3v) is 0.953. The second-order valence-corrected chi connectivity index (χ2v) is 2.44. The summed E-state index contributed by atoms with van der Waals surface area (Å²) in [6.45, 7) is 5.15. The van der Waals surface area contributed by atoms with Gasteiger partial charge in [0.05, 0.1) is 0 Å². The molecule has 0 radical (unpaired) electrons. The van der Waals surface area contributed by atoms with Crippen LogP contribution in [0.15, 0.2) is 0 Å². The number of carbonyl (C=O) groups is 1. The molecule has 0 saturated carbocycles. The first kappa shape index (κ1) is 6.63. The maximum absolute atomic E-state index is 10.4. The zero-order valence-electron chi connectivity index (χ0n) is 5.12. The van der Waals surface area contributed by atoms with Crippen LogP contribution in [0.2, 0.25) is 0 Å². The van der Waals surface area contributed by atoms with Gasteiger partial charge in [0.1, 0.15) is 5.54 Å². The maximum atomic E-state index is 10.4. The second-order valence-electron chi connectivity index (χ2n) is 2.44. The molecule has 0 spiro atoms. The van der Waals surface area contributed by atoms with Gasteiger partial charge in [-0.25, -0.2) is 0 Å². The molecule has 3 N–H and O–H groups in total. The molecule has 0 aromatic carbocycles. The van der Waals surface area contributed by atoms with Gasteiger partial charge in [0.15, 0.2) is 5.78 Å². The average molecular weight is 102 g/mol. The van der Waals surface area contributed by atoms with E-state index in [-0.39, 0.29) is 11.3 Å². The Kier molecular flexibility index (Phi) is 1.53. The van der Waals surface area contributed by atoms with Crippen LogP contribution in [0.5, 0.6) is 0 Å². The number of quaternary nitrogens is 1. The number of carbonyl (C=O) groups excluding carboxylic acids is 1. The van der Waals surface area contributed by atoms with Crippen LogP contribution in [0, 0.1) is 0 Å². The summed E-state index contributed by atoms with van der Waals surface area (Å²) < 4.78 is 0. The Morgan fingerprint density at radius 1 is 1.57 bits per heavy atom. The molecule has 0 heterocycles. The van der Waals surface area contributed by atoms with Crippen LogP contribution in [0.3, 0.4) is 0 Å². The predicted octanol–water partition coefficient (Wildman–Crippen LogP) is -0.404.